The highest BCUT2D eigenvalue weighted by Crippen LogP contribution is 2.37. The number of aliphatic hydroxyl groups excluding tert-OH is 1. The van der Waals surface area contributed by atoms with Crippen molar-refractivity contribution < 1.29 is 5.11 Å². The van der Waals surface area contributed by atoms with Crippen molar-refractivity contribution in [3.63, 3.8) is 0 Å². The molecule has 0 bridgehead atoms. The van der Waals surface area contributed by atoms with Crippen molar-refractivity contribution in [3.05, 3.63) is 95.7 Å². The fourth-order valence-electron chi connectivity index (χ4n) is 5.13. The summed E-state index contributed by atoms with van der Waals surface area (Å²) in [6.45, 7) is 5.89. The Morgan fingerprint density at radius 2 is 1.93 bits per heavy atom. The van der Waals surface area contributed by atoms with E-state index in [1.807, 2.05) is 78.7 Å². The van der Waals surface area contributed by atoms with E-state index in [2.05, 4.69) is 49.9 Å². The zero-order valence-electron chi connectivity index (χ0n) is 23.1. The number of nitrogens with one attached hydrogen (secondary N) is 2. The molecule has 1 aliphatic rings. The number of anilines is 3. The Morgan fingerprint density at radius 1 is 1.10 bits per heavy atom. The third-order valence-corrected chi connectivity index (χ3v) is 7.55. The standard InChI is InChI=1S/C30H32N10O/c1-3-22-17-34-40(18-22)30(12-13-31)19-38(20-30)26-5-4-14-39-27(26)36-29(37-39)35-25-10-8-24(9-11-25)28(41)33-16-23-7-6-21(2)32-15-23/h4-11,14-15,17-18,28,33,41H,3,12,16,19-20H2,1-2H3,(H,35,37). The maximum absolute atomic E-state index is 10.6. The molecule has 0 amide bonds. The molecular weight excluding hydrogens is 516 g/mol. The number of pyridine rings is 2. The average Bonchev–Trinajstić information content (AvgIpc) is 3.62. The molecule has 1 fully saturated rings. The van der Waals surface area contributed by atoms with Crippen molar-refractivity contribution in [1.29, 1.82) is 5.26 Å². The molecule has 1 atom stereocenters. The van der Waals surface area contributed by atoms with E-state index < -0.39 is 6.23 Å². The van der Waals surface area contributed by atoms with E-state index in [0.717, 1.165) is 45.8 Å². The fourth-order valence-corrected chi connectivity index (χ4v) is 5.13. The second kappa shape index (κ2) is 11.0. The molecule has 4 aromatic heterocycles. The number of hydrogen-bond acceptors (Lipinski definition) is 9. The molecule has 6 rings (SSSR count). The predicted octanol–water partition coefficient (Wildman–Crippen LogP) is 3.85. The SMILES string of the molecule is CCc1cnn(C2(CC#N)CN(c3cccn4nc(Nc5ccc(C(O)NCc6ccc(C)nc6)cc5)nc34)C2)c1. The first-order valence-corrected chi connectivity index (χ1v) is 13.7. The van der Waals surface area contributed by atoms with Crippen LogP contribution in [0.5, 0.6) is 0 Å². The maximum atomic E-state index is 10.6. The zero-order chi connectivity index (χ0) is 28.4. The van der Waals surface area contributed by atoms with E-state index in [4.69, 9.17) is 4.98 Å². The average molecular weight is 549 g/mol. The monoisotopic (exact) mass is 548 g/mol. The van der Waals surface area contributed by atoms with Gasteiger partial charge in [-0.15, -0.1) is 5.10 Å². The summed E-state index contributed by atoms with van der Waals surface area (Å²) in [5, 5.41) is 35.7. The second-order valence-corrected chi connectivity index (χ2v) is 10.5. The van der Waals surface area contributed by atoms with Gasteiger partial charge in [-0.05, 0) is 60.4 Å². The van der Waals surface area contributed by atoms with Gasteiger partial charge in [-0.3, -0.25) is 15.0 Å². The summed E-state index contributed by atoms with van der Waals surface area (Å²) in [7, 11) is 0. The molecule has 5 heterocycles. The highest BCUT2D eigenvalue weighted by Gasteiger charge is 2.46. The summed E-state index contributed by atoms with van der Waals surface area (Å²) >= 11 is 0. The quantitative estimate of drug-likeness (QED) is 0.223. The Balaban J connectivity index is 1.12. The van der Waals surface area contributed by atoms with Gasteiger partial charge in [0.15, 0.2) is 5.65 Å². The number of benzene rings is 1. The zero-order valence-corrected chi connectivity index (χ0v) is 23.1. The molecular formula is C30H32N10O. The molecule has 0 aliphatic carbocycles. The molecule has 1 aliphatic heterocycles. The van der Waals surface area contributed by atoms with E-state index in [9.17, 15) is 10.4 Å². The number of fused-ring (bicyclic) bond motifs is 1. The third-order valence-electron chi connectivity index (χ3n) is 7.55. The van der Waals surface area contributed by atoms with Crippen molar-refractivity contribution in [2.24, 2.45) is 0 Å². The first-order chi connectivity index (χ1) is 20.0. The van der Waals surface area contributed by atoms with Crippen LogP contribution in [0.1, 0.15) is 42.0 Å². The molecule has 11 heteroatoms. The summed E-state index contributed by atoms with van der Waals surface area (Å²) in [5.74, 6) is 0.471. The largest absolute Gasteiger partial charge is 0.374 e. The molecule has 0 radical (unpaired) electrons. The van der Waals surface area contributed by atoms with Crippen molar-refractivity contribution in [2.75, 3.05) is 23.3 Å². The van der Waals surface area contributed by atoms with Gasteiger partial charge in [0.2, 0.25) is 5.95 Å². The van der Waals surface area contributed by atoms with E-state index >= 15 is 0 Å². The normalized spacial score (nSPS) is 14.9. The molecule has 11 nitrogen and oxygen atoms in total. The molecule has 5 aromatic rings. The number of aliphatic hydroxyl groups is 1. The first kappa shape index (κ1) is 26.4. The summed E-state index contributed by atoms with van der Waals surface area (Å²) in [5.41, 5.74) is 6.03. The van der Waals surface area contributed by atoms with Crippen LogP contribution in [-0.4, -0.2) is 47.6 Å². The topological polar surface area (TPSA) is 132 Å². The van der Waals surface area contributed by atoms with Crippen LogP contribution in [0, 0.1) is 18.3 Å². The number of aryl methyl sites for hydroxylation is 2. The molecule has 0 spiro atoms. The van der Waals surface area contributed by atoms with E-state index in [-0.39, 0.29) is 5.54 Å². The lowest BCUT2D eigenvalue weighted by Crippen LogP contribution is -2.63. The van der Waals surface area contributed by atoms with Gasteiger partial charge in [-0.1, -0.05) is 25.1 Å². The van der Waals surface area contributed by atoms with E-state index in [1.165, 1.54) is 0 Å². The Morgan fingerprint density at radius 3 is 2.63 bits per heavy atom. The minimum Gasteiger partial charge on any atom is -0.374 e. The van der Waals surface area contributed by atoms with Crippen molar-refractivity contribution >= 4 is 23.0 Å². The fraction of sp³-hybridized carbons (Fsp3) is 0.300. The number of rotatable bonds is 10. The van der Waals surface area contributed by atoms with Crippen molar-refractivity contribution in [2.45, 2.75) is 45.0 Å². The van der Waals surface area contributed by atoms with Crippen LogP contribution in [0.2, 0.25) is 0 Å². The van der Waals surface area contributed by atoms with Crippen LogP contribution in [0.15, 0.2) is 73.3 Å². The number of aromatic nitrogens is 6. The number of nitrogens with zero attached hydrogens (tertiary/aromatic N) is 8. The second-order valence-electron chi connectivity index (χ2n) is 10.5. The van der Waals surface area contributed by atoms with Gasteiger partial charge >= 0.3 is 0 Å². The van der Waals surface area contributed by atoms with Crippen LogP contribution >= 0.6 is 0 Å². The van der Waals surface area contributed by atoms with Crippen LogP contribution < -0.4 is 15.5 Å². The Kier molecular flexibility index (Phi) is 7.09. The molecule has 0 saturated carbocycles. The summed E-state index contributed by atoms with van der Waals surface area (Å²) in [6, 6.07) is 17.8. The van der Waals surface area contributed by atoms with Crippen LogP contribution in [-0.2, 0) is 18.5 Å². The molecule has 3 N–H and O–H groups in total. The Bertz CT molecular complexity index is 1680. The Labute approximate surface area is 238 Å². The van der Waals surface area contributed by atoms with Gasteiger partial charge < -0.3 is 15.3 Å². The van der Waals surface area contributed by atoms with Gasteiger partial charge in [0.05, 0.1) is 24.4 Å². The summed E-state index contributed by atoms with van der Waals surface area (Å²) < 4.78 is 3.71. The van der Waals surface area contributed by atoms with Gasteiger partial charge in [-0.2, -0.15) is 15.3 Å². The number of hydrogen-bond donors (Lipinski definition) is 3. The minimum absolute atomic E-state index is 0.353. The lowest BCUT2D eigenvalue weighted by molar-refractivity contribution is 0.137. The molecule has 1 aromatic carbocycles. The third kappa shape index (κ3) is 5.35. The lowest BCUT2D eigenvalue weighted by Gasteiger charge is -2.50. The van der Waals surface area contributed by atoms with Crippen molar-refractivity contribution in [3.8, 4) is 6.07 Å². The molecule has 1 unspecified atom stereocenters. The molecule has 208 valence electrons. The van der Waals surface area contributed by atoms with Crippen LogP contribution in [0.25, 0.3) is 5.65 Å². The number of nitriles is 1. The van der Waals surface area contributed by atoms with E-state index in [0.29, 0.717) is 32.0 Å². The first-order valence-electron chi connectivity index (χ1n) is 13.7. The van der Waals surface area contributed by atoms with Crippen LogP contribution in [0.4, 0.5) is 17.3 Å². The summed E-state index contributed by atoms with van der Waals surface area (Å²) in [4.78, 5) is 11.3. The van der Waals surface area contributed by atoms with Gasteiger partial charge in [-0.25, -0.2) is 4.52 Å². The summed E-state index contributed by atoms with van der Waals surface area (Å²) in [6.07, 6.45) is 8.10. The molecule has 1 saturated heterocycles. The van der Waals surface area contributed by atoms with E-state index in [1.54, 1.807) is 4.52 Å². The van der Waals surface area contributed by atoms with Gasteiger partial charge in [0.1, 0.15) is 11.8 Å². The highest BCUT2D eigenvalue weighted by atomic mass is 16.3. The smallest absolute Gasteiger partial charge is 0.247 e. The van der Waals surface area contributed by atoms with Crippen LogP contribution in [0.3, 0.4) is 0 Å². The van der Waals surface area contributed by atoms with Gasteiger partial charge in [0.25, 0.3) is 0 Å². The molecule has 41 heavy (non-hydrogen) atoms. The van der Waals surface area contributed by atoms with Crippen molar-refractivity contribution in [1.82, 2.24) is 34.7 Å². The predicted molar refractivity (Wildman–Crippen MR) is 156 cm³/mol. The lowest BCUT2D eigenvalue weighted by atomic mass is 9.86. The highest BCUT2D eigenvalue weighted by molar-refractivity contribution is 5.72. The Hall–Kier alpha value is -4.79. The minimum atomic E-state index is -0.804. The van der Waals surface area contributed by atoms with Gasteiger partial charge in [0, 0.05) is 49.6 Å². The maximum Gasteiger partial charge on any atom is 0.247 e.